The van der Waals surface area contributed by atoms with Crippen LogP contribution >= 0.6 is 11.3 Å². The Morgan fingerprint density at radius 1 is 1.56 bits per heavy atom. The molecule has 5 heteroatoms. The molecule has 0 aliphatic heterocycles. The maximum atomic E-state index is 3.92. The summed E-state index contributed by atoms with van der Waals surface area (Å²) in [4.78, 5) is 4.70. The molecule has 1 radical (unpaired) electrons. The van der Waals surface area contributed by atoms with Gasteiger partial charge in [0.25, 0.3) is 0 Å². The van der Waals surface area contributed by atoms with Crippen molar-refractivity contribution in [2.75, 3.05) is 0 Å². The Kier molecular flexibility index (Phi) is 0.895. The summed E-state index contributed by atoms with van der Waals surface area (Å²) in [6.45, 7) is 0. The van der Waals surface area contributed by atoms with E-state index < -0.39 is 0 Å². The Labute approximate surface area is 54.6 Å². The first-order valence-electron chi connectivity index (χ1n) is 2.27. The fourth-order valence-corrected chi connectivity index (χ4v) is 1.07. The van der Waals surface area contributed by atoms with E-state index in [4.69, 9.17) is 0 Å². The lowest BCUT2D eigenvalue weighted by Crippen LogP contribution is -1.83. The van der Waals surface area contributed by atoms with Gasteiger partial charge in [-0.25, -0.2) is 4.98 Å². The molecule has 0 saturated carbocycles. The van der Waals surface area contributed by atoms with Gasteiger partial charge in [-0.15, -0.1) is 21.5 Å². The summed E-state index contributed by atoms with van der Waals surface area (Å²) in [6, 6.07) is 0. The molecular weight excluding hydrogens is 136 g/mol. The average molecular weight is 137 g/mol. The summed E-state index contributed by atoms with van der Waals surface area (Å²) in [6.07, 6.45) is 2.61. The third-order valence-electron chi connectivity index (χ3n) is 0.885. The van der Waals surface area contributed by atoms with Crippen LogP contribution in [0.1, 0.15) is 0 Å². The smallest absolute Gasteiger partial charge is 0.170 e. The van der Waals surface area contributed by atoms with E-state index in [-0.39, 0.29) is 0 Å². The van der Waals surface area contributed by atoms with Crippen LogP contribution in [0.5, 0.6) is 0 Å². The van der Waals surface area contributed by atoms with Crippen molar-refractivity contribution in [1.82, 2.24) is 20.4 Å². The van der Waals surface area contributed by atoms with Gasteiger partial charge in [-0.2, -0.15) is 0 Å². The molecule has 0 fully saturated rings. The fraction of sp³-hybridized carbons (Fsp3) is 0. The van der Waals surface area contributed by atoms with Crippen molar-refractivity contribution in [2.45, 2.75) is 0 Å². The first-order valence-corrected chi connectivity index (χ1v) is 3.15. The first-order chi connectivity index (χ1) is 4.47. The van der Waals surface area contributed by atoms with Crippen molar-refractivity contribution in [3.8, 4) is 0 Å². The topological polar surface area (TPSA) is 51.6 Å². The maximum Gasteiger partial charge on any atom is 0.170 e. The third kappa shape index (κ3) is 0.655. The molecule has 4 nitrogen and oxygen atoms in total. The van der Waals surface area contributed by atoms with Gasteiger partial charge in [-0.05, 0) is 5.21 Å². The lowest BCUT2D eigenvalue weighted by molar-refractivity contribution is 0.892. The van der Waals surface area contributed by atoms with E-state index >= 15 is 0 Å². The second kappa shape index (κ2) is 1.70. The Morgan fingerprint density at radius 2 is 2.56 bits per heavy atom. The van der Waals surface area contributed by atoms with Gasteiger partial charge in [-0.3, -0.25) is 0 Å². The Morgan fingerprint density at radius 3 is 3.44 bits per heavy atom. The van der Waals surface area contributed by atoms with Crippen molar-refractivity contribution >= 4 is 21.7 Å². The molecule has 0 unspecified atom stereocenters. The van der Waals surface area contributed by atoms with E-state index in [1.807, 2.05) is 0 Å². The second-order valence-corrected chi connectivity index (χ2v) is 2.24. The minimum Gasteiger partial charge on any atom is -0.240 e. The van der Waals surface area contributed by atoms with Crippen LogP contribution in [0.2, 0.25) is 0 Å². The Hall–Kier alpha value is -1.10. The molecule has 2 heterocycles. The molecule has 2 rings (SSSR count). The predicted octanol–water partition coefficient (Wildman–Crippen LogP) is 0.281. The van der Waals surface area contributed by atoms with Gasteiger partial charge in [-0.1, -0.05) is 0 Å². The molecule has 0 saturated heterocycles. The van der Waals surface area contributed by atoms with E-state index in [0.29, 0.717) is 5.52 Å². The van der Waals surface area contributed by atoms with Gasteiger partial charge >= 0.3 is 0 Å². The molecule has 0 bridgehead atoms. The van der Waals surface area contributed by atoms with Crippen LogP contribution in [0.25, 0.3) is 10.3 Å². The van der Waals surface area contributed by atoms with Crippen LogP contribution in [0.15, 0.2) is 5.51 Å². The number of rotatable bonds is 0. The van der Waals surface area contributed by atoms with Crippen molar-refractivity contribution in [1.29, 1.82) is 0 Å². The molecule has 0 aromatic carbocycles. The van der Waals surface area contributed by atoms with Gasteiger partial charge in [0, 0.05) is 0 Å². The van der Waals surface area contributed by atoms with Gasteiger partial charge < -0.3 is 0 Å². The molecule has 2 aromatic rings. The van der Waals surface area contributed by atoms with Crippen molar-refractivity contribution in [2.24, 2.45) is 0 Å². The molecule has 43 valence electrons. The summed E-state index contributed by atoms with van der Waals surface area (Å²) < 4.78 is 0. The molecule has 2 aromatic heterocycles. The highest BCUT2D eigenvalue weighted by Crippen LogP contribution is 2.09. The Balaban J connectivity index is 2.95. The molecule has 0 aliphatic rings. The fourth-order valence-electron chi connectivity index (χ4n) is 0.520. The number of thiazole rings is 1. The molecular formula is C4HN4S. The number of hydrogen-bond acceptors (Lipinski definition) is 5. The van der Waals surface area contributed by atoms with E-state index in [9.17, 15) is 0 Å². The standard InChI is InChI=1S/C4HN4S/c1-3-4(7-8-6-1)9-2-5-3/h2H. The number of hydrogen-bond donors (Lipinski definition) is 0. The third-order valence-corrected chi connectivity index (χ3v) is 1.59. The highest BCUT2D eigenvalue weighted by atomic mass is 32.1. The van der Waals surface area contributed by atoms with Gasteiger partial charge in [0.1, 0.15) is 11.7 Å². The second-order valence-electron chi connectivity index (χ2n) is 1.41. The van der Waals surface area contributed by atoms with Crippen LogP contribution in [0.3, 0.4) is 0 Å². The number of fused-ring (bicyclic) bond motifs is 1. The molecule has 0 spiro atoms. The van der Waals surface area contributed by atoms with Crippen LogP contribution in [0.4, 0.5) is 0 Å². The van der Waals surface area contributed by atoms with E-state index in [0.717, 1.165) is 4.83 Å². The monoisotopic (exact) mass is 137 g/mol. The number of nitrogens with zero attached hydrogens (tertiary/aromatic N) is 4. The zero-order valence-corrected chi connectivity index (χ0v) is 5.09. The van der Waals surface area contributed by atoms with Crippen LogP contribution < -0.4 is 0 Å². The van der Waals surface area contributed by atoms with Gasteiger partial charge in [0.05, 0.1) is 5.51 Å². The normalized spacial score (nSPS) is 10.2. The van der Waals surface area contributed by atoms with Crippen molar-refractivity contribution in [3.63, 3.8) is 0 Å². The maximum absolute atomic E-state index is 3.92. The van der Waals surface area contributed by atoms with Crippen LogP contribution in [-0.4, -0.2) is 20.4 Å². The van der Waals surface area contributed by atoms with Crippen LogP contribution in [0, 0.1) is 6.20 Å². The van der Waals surface area contributed by atoms with Gasteiger partial charge in [0.15, 0.2) is 4.83 Å². The predicted molar refractivity (Wildman–Crippen MR) is 31.8 cm³/mol. The summed E-state index contributed by atoms with van der Waals surface area (Å²) in [7, 11) is 0. The highest BCUT2D eigenvalue weighted by molar-refractivity contribution is 7.16. The lowest BCUT2D eigenvalue weighted by atomic mass is 10.6. The summed E-state index contributed by atoms with van der Waals surface area (Å²) in [5.41, 5.74) is 2.38. The molecule has 0 N–H and O–H groups in total. The van der Waals surface area contributed by atoms with Gasteiger partial charge in [0.2, 0.25) is 0 Å². The van der Waals surface area contributed by atoms with Crippen LogP contribution in [-0.2, 0) is 0 Å². The quantitative estimate of drug-likeness (QED) is 0.523. The molecule has 0 amide bonds. The molecule has 9 heavy (non-hydrogen) atoms. The summed E-state index contributed by atoms with van der Waals surface area (Å²) in [5, 5.41) is 10.5. The van der Waals surface area contributed by atoms with E-state index in [1.165, 1.54) is 11.3 Å². The summed E-state index contributed by atoms with van der Waals surface area (Å²) in [5.74, 6) is 0. The van der Waals surface area contributed by atoms with E-state index in [2.05, 4.69) is 26.6 Å². The summed E-state index contributed by atoms with van der Waals surface area (Å²) >= 11 is 1.43. The average Bonchev–Trinajstić information content (AvgIpc) is 2.33. The lowest BCUT2D eigenvalue weighted by Gasteiger charge is -1.76. The Bertz CT molecular complexity index is 287. The highest BCUT2D eigenvalue weighted by Gasteiger charge is 1.94. The zero-order valence-electron chi connectivity index (χ0n) is 4.27. The zero-order chi connectivity index (χ0) is 6.10. The van der Waals surface area contributed by atoms with Crippen molar-refractivity contribution in [3.05, 3.63) is 11.7 Å². The largest absolute Gasteiger partial charge is 0.240 e. The SMILES string of the molecule is [c]1nnnc2scnc12. The molecule has 0 atom stereocenters. The van der Waals surface area contributed by atoms with Crippen molar-refractivity contribution < 1.29 is 0 Å². The minimum absolute atomic E-state index is 0.690. The number of aromatic nitrogens is 4. The molecule has 0 aliphatic carbocycles. The van der Waals surface area contributed by atoms with E-state index in [1.54, 1.807) is 5.51 Å². The first kappa shape index (κ1) is 4.75. The minimum atomic E-state index is 0.690.